The molecule has 0 radical (unpaired) electrons. The van der Waals surface area contributed by atoms with Crippen LogP contribution in [0.1, 0.15) is 42.1 Å². The van der Waals surface area contributed by atoms with Crippen LogP contribution >= 0.6 is 0 Å². The molecule has 1 N–H and O–H groups in total. The molecule has 2 aliphatic heterocycles. The van der Waals surface area contributed by atoms with Crippen LogP contribution in [0.5, 0.6) is 17.2 Å². The van der Waals surface area contributed by atoms with Crippen molar-refractivity contribution >= 4 is 17.4 Å². The van der Waals surface area contributed by atoms with Gasteiger partial charge in [0.25, 0.3) is 11.7 Å². The van der Waals surface area contributed by atoms with E-state index in [-0.39, 0.29) is 24.0 Å². The number of hydrogen-bond acceptors (Lipinski definition) is 6. The third kappa shape index (κ3) is 4.65. The SMILES string of the molecule is CCOc1ccc(C2/C(=C(/O)c3ccc4c(c3)CC(C)O4)C(=O)C(=O)N2Cc2ccc(OC)cc2)cc1. The van der Waals surface area contributed by atoms with Gasteiger partial charge in [-0.1, -0.05) is 24.3 Å². The van der Waals surface area contributed by atoms with Gasteiger partial charge in [0.1, 0.15) is 29.1 Å². The van der Waals surface area contributed by atoms with E-state index in [9.17, 15) is 14.7 Å². The second-order valence-electron chi connectivity index (χ2n) is 9.23. The number of benzene rings is 3. The lowest BCUT2D eigenvalue weighted by Crippen LogP contribution is -2.29. The van der Waals surface area contributed by atoms with Crippen molar-refractivity contribution in [2.45, 2.75) is 39.0 Å². The van der Waals surface area contributed by atoms with E-state index in [0.717, 1.165) is 16.9 Å². The van der Waals surface area contributed by atoms with Gasteiger partial charge in [-0.15, -0.1) is 0 Å². The lowest BCUT2D eigenvalue weighted by atomic mass is 9.94. The molecule has 7 nitrogen and oxygen atoms in total. The fourth-order valence-electron chi connectivity index (χ4n) is 4.96. The molecule has 0 saturated carbocycles. The molecule has 3 aromatic carbocycles. The number of carbonyl (C=O) groups excluding carboxylic acids is 2. The number of nitrogens with zero attached hydrogens (tertiary/aromatic N) is 1. The Morgan fingerprint density at radius 1 is 1.03 bits per heavy atom. The number of amides is 1. The summed E-state index contributed by atoms with van der Waals surface area (Å²) in [7, 11) is 1.59. The van der Waals surface area contributed by atoms with E-state index in [1.165, 1.54) is 4.90 Å². The van der Waals surface area contributed by atoms with Gasteiger partial charge in [0.05, 0.1) is 25.3 Å². The zero-order chi connectivity index (χ0) is 26.1. The number of ether oxygens (including phenoxy) is 3. The fraction of sp³-hybridized carbons (Fsp3) is 0.267. The van der Waals surface area contributed by atoms with E-state index in [1.54, 1.807) is 31.4 Å². The molecule has 3 aromatic rings. The van der Waals surface area contributed by atoms with Crippen molar-refractivity contribution in [3.63, 3.8) is 0 Å². The topological polar surface area (TPSA) is 85.3 Å². The van der Waals surface area contributed by atoms with Gasteiger partial charge in [-0.3, -0.25) is 9.59 Å². The van der Waals surface area contributed by atoms with Crippen LogP contribution in [0.25, 0.3) is 5.76 Å². The van der Waals surface area contributed by atoms with E-state index in [4.69, 9.17) is 14.2 Å². The Bertz CT molecular complexity index is 1360. The molecule has 0 spiro atoms. The predicted octanol–water partition coefficient (Wildman–Crippen LogP) is 5.04. The second-order valence-corrected chi connectivity index (χ2v) is 9.23. The first kappa shape index (κ1) is 24.4. The predicted molar refractivity (Wildman–Crippen MR) is 139 cm³/mol. The van der Waals surface area contributed by atoms with E-state index >= 15 is 0 Å². The van der Waals surface area contributed by atoms with Gasteiger partial charge in [-0.05, 0) is 73.0 Å². The van der Waals surface area contributed by atoms with Crippen molar-refractivity contribution in [2.24, 2.45) is 0 Å². The van der Waals surface area contributed by atoms with Crippen LogP contribution in [0.4, 0.5) is 0 Å². The molecule has 2 aliphatic rings. The van der Waals surface area contributed by atoms with Gasteiger partial charge in [0.2, 0.25) is 0 Å². The average Bonchev–Trinajstić information content (AvgIpc) is 3.40. The highest BCUT2D eigenvalue weighted by molar-refractivity contribution is 6.46. The minimum Gasteiger partial charge on any atom is -0.507 e. The standard InChI is InChI=1S/C30H29NO6/c1-4-36-24-12-7-20(8-13-24)27-26(28(32)21-9-14-25-22(16-21)15-18(2)37-25)29(33)30(34)31(27)17-19-5-10-23(35-3)11-6-19/h5-14,16,18,27,32H,4,15,17H2,1-3H3/b28-26-. The van der Waals surface area contributed by atoms with Crippen LogP contribution in [0.2, 0.25) is 0 Å². The summed E-state index contributed by atoms with van der Waals surface area (Å²) in [6.07, 6.45) is 0.760. The normalized spacial score (nSPS) is 20.0. The summed E-state index contributed by atoms with van der Waals surface area (Å²) in [5.74, 6) is 0.586. The summed E-state index contributed by atoms with van der Waals surface area (Å²) in [6, 6.07) is 19.2. The molecule has 1 fully saturated rings. The number of rotatable bonds is 7. The van der Waals surface area contributed by atoms with E-state index in [1.807, 2.05) is 56.3 Å². The Labute approximate surface area is 215 Å². The summed E-state index contributed by atoms with van der Waals surface area (Å²) >= 11 is 0. The Hall–Kier alpha value is -4.26. The molecule has 2 atom stereocenters. The Kier molecular flexibility index (Phi) is 6.61. The minimum absolute atomic E-state index is 0.0475. The van der Waals surface area contributed by atoms with E-state index in [2.05, 4.69) is 0 Å². The number of aliphatic hydroxyl groups excluding tert-OH is 1. The molecular weight excluding hydrogens is 470 g/mol. The molecule has 7 heteroatoms. The van der Waals surface area contributed by atoms with Gasteiger partial charge in [0, 0.05) is 18.5 Å². The van der Waals surface area contributed by atoms with Crippen LogP contribution in [0, 0.1) is 0 Å². The van der Waals surface area contributed by atoms with Gasteiger partial charge >= 0.3 is 0 Å². The molecular formula is C30H29NO6. The molecule has 5 rings (SSSR count). The molecule has 0 aromatic heterocycles. The first-order chi connectivity index (χ1) is 17.9. The summed E-state index contributed by atoms with van der Waals surface area (Å²) in [5.41, 5.74) is 3.05. The first-order valence-corrected chi connectivity index (χ1v) is 12.3. The number of likely N-dealkylation sites (tertiary alicyclic amines) is 1. The van der Waals surface area contributed by atoms with Gasteiger partial charge in [0.15, 0.2) is 0 Å². The van der Waals surface area contributed by atoms with Crippen LogP contribution in [0.3, 0.4) is 0 Å². The zero-order valence-electron chi connectivity index (χ0n) is 21.1. The number of ketones is 1. The van der Waals surface area contributed by atoms with Gasteiger partial charge in [-0.25, -0.2) is 0 Å². The zero-order valence-corrected chi connectivity index (χ0v) is 21.1. The largest absolute Gasteiger partial charge is 0.507 e. The van der Waals surface area contributed by atoms with Gasteiger partial charge < -0.3 is 24.2 Å². The van der Waals surface area contributed by atoms with Crippen LogP contribution in [-0.4, -0.2) is 41.5 Å². The average molecular weight is 500 g/mol. The molecule has 1 amide bonds. The van der Waals surface area contributed by atoms with E-state index in [0.29, 0.717) is 35.7 Å². The fourth-order valence-corrected chi connectivity index (χ4v) is 4.96. The number of hydrogen-bond donors (Lipinski definition) is 1. The summed E-state index contributed by atoms with van der Waals surface area (Å²) in [6.45, 7) is 4.60. The number of Topliss-reactive ketones (excluding diaryl/α,β-unsaturated/α-hetero) is 1. The number of aliphatic hydroxyl groups is 1. The van der Waals surface area contributed by atoms with Crippen LogP contribution < -0.4 is 14.2 Å². The highest BCUT2D eigenvalue weighted by Gasteiger charge is 2.46. The summed E-state index contributed by atoms with van der Waals surface area (Å²) < 4.78 is 16.6. The lowest BCUT2D eigenvalue weighted by molar-refractivity contribution is -0.140. The molecule has 0 aliphatic carbocycles. The Morgan fingerprint density at radius 2 is 1.73 bits per heavy atom. The number of fused-ring (bicyclic) bond motifs is 1. The van der Waals surface area contributed by atoms with Crippen molar-refractivity contribution < 1.29 is 28.9 Å². The van der Waals surface area contributed by atoms with Crippen molar-refractivity contribution in [1.29, 1.82) is 0 Å². The molecule has 2 unspecified atom stereocenters. The maximum Gasteiger partial charge on any atom is 0.295 e. The molecule has 1 saturated heterocycles. The molecule has 190 valence electrons. The minimum atomic E-state index is -0.763. The van der Waals surface area contributed by atoms with Crippen molar-refractivity contribution in [2.75, 3.05) is 13.7 Å². The molecule has 2 heterocycles. The third-order valence-corrected chi connectivity index (χ3v) is 6.73. The third-order valence-electron chi connectivity index (χ3n) is 6.73. The Morgan fingerprint density at radius 3 is 2.41 bits per heavy atom. The highest BCUT2D eigenvalue weighted by Crippen LogP contribution is 2.41. The smallest absolute Gasteiger partial charge is 0.295 e. The maximum atomic E-state index is 13.4. The van der Waals surface area contributed by atoms with E-state index < -0.39 is 17.7 Å². The quantitative estimate of drug-likeness (QED) is 0.279. The lowest BCUT2D eigenvalue weighted by Gasteiger charge is -2.25. The first-order valence-electron chi connectivity index (χ1n) is 12.3. The maximum absolute atomic E-state index is 13.4. The van der Waals surface area contributed by atoms with Crippen molar-refractivity contribution in [3.8, 4) is 17.2 Å². The number of methoxy groups -OCH3 is 1. The molecule has 0 bridgehead atoms. The highest BCUT2D eigenvalue weighted by atomic mass is 16.5. The molecule has 37 heavy (non-hydrogen) atoms. The van der Waals surface area contributed by atoms with Gasteiger partial charge in [-0.2, -0.15) is 0 Å². The van der Waals surface area contributed by atoms with Crippen molar-refractivity contribution in [1.82, 2.24) is 4.90 Å². The monoisotopic (exact) mass is 499 g/mol. The van der Waals surface area contributed by atoms with Crippen LogP contribution in [-0.2, 0) is 22.6 Å². The number of carbonyl (C=O) groups is 2. The second kappa shape index (κ2) is 10.0. The summed E-state index contributed by atoms with van der Waals surface area (Å²) in [5, 5.41) is 11.4. The van der Waals surface area contributed by atoms with Crippen molar-refractivity contribution in [3.05, 3.63) is 94.6 Å². The van der Waals surface area contributed by atoms with Crippen LogP contribution in [0.15, 0.2) is 72.3 Å². The Balaban J connectivity index is 1.59. The summed E-state index contributed by atoms with van der Waals surface area (Å²) in [4.78, 5) is 28.2.